The van der Waals surface area contributed by atoms with Gasteiger partial charge in [0.1, 0.15) is 5.82 Å². The molecule has 1 aliphatic rings. The number of carbonyl (C=O) groups is 1. The quantitative estimate of drug-likeness (QED) is 0.786. The van der Waals surface area contributed by atoms with Crippen LogP contribution in [0.25, 0.3) is 0 Å². The van der Waals surface area contributed by atoms with E-state index in [1.165, 1.54) is 6.07 Å². The highest BCUT2D eigenvalue weighted by atomic mass is 19.4. The highest BCUT2D eigenvalue weighted by molar-refractivity contribution is 5.92. The standard InChI is InChI=1S/C8H7F3N4O/c9-8(10,11)6-12-2-1-5(14-6)15-4-3-13-7(15)16/h1-2H,3-4H2,(H,13,16). The van der Waals surface area contributed by atoms with E-state index in [0.717, 1.165) is 11.1 Å². The van der Waals surface area contributed by atoms with Crippen LogP contribution in [0, 0.1) is 0 Å². The number of halogens is 3. The highest BCUT2D eigenvalue weighted by Gasteiger charge is 2.35. The summed E-state index contributed by atoms with van der Waals surface area (Å²) in [5, 5.41) is 2.47. The monoisotopic (exact) mass is 232 g/mol. The highest BCUT2D eigenvalue weighted by Crippen LogP contribution is 2.27. The number of urea groups is 1. The van der Waals surface area contributed by atoms with E-state index < -0.39 is 18.0 Å². The summed E-state index contributed by atoms with van der Waals surface area (Å²) in [5.74, 6) is -1.29. The van der Waals surface area contributed by atoms with Crippen LogP contribution in [0.3, 0.4) is 0 Å². The van der Waals surface area contributed by atoms with Gasteiger partial charge < -0.3 is 5.32 Å². The van der Waals surface area contributed by atoms with Crippen LogP contribution in [0.2, 0.25) is 0 Å². The number of hydrogen-bond acceptors (Lipinski definition) is 3. The molecule has 1 fully saturated rings. The summed E-state index contributed by atoms with van der Waals surface area (Å²) in [6, 6.07) is 0.812. The fraction of sp³-hybridized carbons (Fsp3) is 0.375. The summed E-state index contributed by atoms with van der Waals surface area (Å²) in [4.78, 5) is 18.8. The van der Waals surface area contributed by atoms with Crippen molar-refractivity contribution in [1.82, 2.24) is 15.3 Å². The molecular weight excluding hydrogens is 225 g/mol. The van der Waals surface area contributed by atoms with Gasteiger partial charge in [0.15, 0.2) is 0 Å². The number of nitrogens with zero attached hydrogens (tertiary/aromatic N) is 3. The lowest BCUT2D eigenvalue weighted by molar-refractivity contribution is -0.144. The maximum Gasteiger partial charge on any atom is 0.451 e. The fourth-order valence-corrected chi connectivity index (χ4v) is 1.33. The van der Waals surface area contributed by atoms with Crippen LogP contribution in [0.15, 0.2) is 12.3 Å². The van der Waals surface area contributed by atoms with Crippen LogP contribution in [0.4, 0.5) is 23.8 Å². The number of anilines is 1. The molecule has 1 saturated heterocycles. The van der Waals surface area contributed by atoms with E-state index >= 15 is 0 Å². The number of nitrogens with one attached hydrogen (secondary N) is 1. The molecule has 1 aliphatic heterocycles. The van der Waals surface area contributed by atoms with Gasteiger partial charge in [-0.25, -0.2) is 14.8 Å². The molecule has 86 valence electrons. The van der Waals surface area contributed by atoms with Crippen LogP contribution < -0.4 is 10.2 Å². The van der Waals surface area contributed by atoms with Crippen molar-refractivity contribution in [3.63, 3.8) is 0 Å². The van der Waals surface area contributed by atoms with Crippen LogP contribution >= 0.6 is 0 Å². The Kier molecular flexibility index (Phi) is 2.41. The van der Waals surface area contributed by atoms with Gasteiger partial charge in [-0.05, 0) is 6.07 Å². The Labute approximate surface area is 88.3 Å². The van der Waals surface area contributed by atoms with Gasteiger partial charge in [-0.2, -0.15) is 13.2 Å². The van der Waals surface area contributed by atoms with E-state index in [2.05, 4.69) is 15.3 Å². The van der Waals surface area contributed by atoms with Gasteiger partial charge in [-0.3, -0.25) is 4.90 Å². The van der Waals surface area contributed by atoms with Gasteiger partial charge in [0.05, 0.1) is 0 Å². The zero-order valence-electron chi connectivity index (χ0n) is 7.95. The van der Waals surface area contributed by atoms with Gasteiger partial charge >= 0.3 is 12.2 Å². The largest absolute Gasteiger partial charge is 0.451 e. The van der Waals surface area contributed by atoms with Crippen molar-refractivity contribution in [2.24, 2.45) is 0 Å². The van der Waals surface area contributed by atoms with E-state index in [-0.39, 0.29) is 5.82 Å². The molecule has 0 aromatic carbocycles. The normalized spacial score (nSPS) is 16.4. The molecule has 2 amide bonds. The first-order valence-corrected chi connectivity index (χ1v) is 4.44. The zero-order valence-corrected chi connectivity index (χ0v) is 7.95. The third kappa shape index (κ3) is 1.90. The van der Waals surface area contributed by atoms with E-state index in [1.54, 1.807) is 0 Å². The van der Waals surface area contributed by atoms with Crippen molar-refractivity contribution in [2.45, 2.75) is 6.18 Å². The molecule has 5 nitrogen and oxygen atoms in total. The van der Waals surface area contributed by atoms with Crippen LogP contribution in [-0.4, -0.2) is 29.1 Å². The summed E-state index contributed by atoms with van der Waals surface area (Å²) in [6.07, 6.45) is -3.62. The second-order valence-electron chi connectivity index (χ2n) is 3.12. The van der Waals surface area contributed by atoms with Gasteiger partial charge in [-0.1, -0.05) is 0 Å². The fourth-order valence-electron chi connectivity index (χ4n) is 1.33. The van der Waals surface area contributed by atoms with E-state index in [4.69, 9.17) is 0 Å². The number of carbonyl (C=O) groups excluding carboxylic acids is 1. The molecule has 0 aliphatic carbocycles. The molecule has 0 unspecified atom stereocenters. The van der Waals surface area contributed by atoms with Crippen molar-refractivity contribution in [1.29, 1.82) is 0 Å². The van der Waals surface area contributed by atoms with Gasteiger partial charge in [-0.15, -0.1) is 0 Å². The lowest BCUT2D eigenvalue weighted by Gasteiger charge is -2.13. The van der Waals surface area contributed by atoms with E-state index in [0.29, 0.717) is 13.1 Å². The Morgan fingerprint density at radius 1 is 1.44 bits per heavy atom. The Balaban J connectivity index is 2.32. The predicted octanol–water partition coefficient (Wildman–Crippen LogP) is 1.02. The number of amides is 2. The summed E-state index contributed by atoms with van der Waals surface area (Å²) in [7, 11) is 0. The lowest BCUT2D eigenvalue weighted by atomic mass is 10.4. The number of hydrogen-bond donors (Lipinski definition) is 1. The minimum atomic E-state index is -4.60. The second kappa shape index (κ2) is 3.62. The summed E-state index contributed by atoms with van der Waals surface area (Å²) < 4.78 is 36.9. The van der Waals surface area contributed by atoms with Crippen LogP contribution in [-0.2, 0) is 6.18 Å². The first-order valence-electron chi connectivity index (χ1n) is 4.44. The Bertz CT molecular complexity index is 420. The Hall–Kier alpha value is -1.86. The predicted molar refractivity (Wildman–Crippen MR) is 47.8 cm³/mol. The van der Waals surface area contributed by atoms with Crippen molar-refractivity contribution in [3.8, 4) is 0 Å². The molecule has 1 aromatic rings. The minimum absolute atomic E-state index is 0.0441. The molecule has 8 heteroatoms. The molecule has 0 radical (unpaired) electrons. The maximum atomic E-state index is 12.3. The third-order valence-corrected chi connectivity index (χ3v) is 2.03. The first-order chi connectivity index (χ1) is 7.48. The molecule has 0 saturated carbocycles. The molecule has 1 aromatic heterocycles. The third-order valence-electron chi connectivity index (χ3n) is 2.03. The molecule has 2 rings (SSSR count). The SMILES string of the molecule is O=C1NCCN1c1ccnc(C(F)(F)F)n1. The number of aromatic nitrogens is 2. The first kappa shape index (κ1) is 10.7. The van der Waals surface area contributed by atoms with Crippen LogP contribution in [0.5, 0.6) is 0 Å². The maximum absolute atomic E-state index is 12.3. The summed E-state index contributed by atoms with van der Waals surface area (Å²) >= 11 is 0. The molecule has 0 spiro atoms. The lowest BCUT2D eigenvalue weighted by Crippen LogP contribution is -2.29. The molecule has 16 heavy (non-hydrogen) atoms. The molecule has 1 N–H and O–H groups in total. The van der Waals surface area contributed by atoms with Crippen molar-refractivity contribution >= 4 is 11.8 Å². The van der Waals surface area contributed by atoms with E-state index in [9.17, 15) is 18.0 Å². The molecule has 0 atom stereocenters. The van der Waals surface area contributed by atoms with Crippen LogP contribution in [0.1, 0.15) is 5.82 Å². The van der Waals surface area contributed by atoms with Gasteiger partial charge in [0, 0.05) is 19.3 Å². The van der Waals surface area contributed by atoms with Gasteiger partial charge in [0.2, 0.25) is 5.82 Å². The average molecular weight is 232 g/mol. The van der Waals surface area contributed by atoms with E-state index in [1.807, 2.05) is 0 Å². The van der Waals surface area contributed by atoms with Gasteiger partial charge in [0.25, 0.3) is 0 Å². The van der Waals surface area contributed by atoms with Crippen molar-refractivity contribution in [2.75, 3.05) is 18.0 Å². The zero-order chi connectivity index (χ0) is 11.8. The topological polar surface area (TPSA) is 58.1 Å². The molecule has 0 bridgehead atoms. The Morgan fingerprint density at radius 3 is 2.75 bits per heavy atom. The molecular formula is C8H7F3N4O. The Morgan fingerprint density at radius 2 is 2.19 bits per heavy atom. The second-order valence-corrected chi connectivity index (χ2v) is 3.12. The number of alkyl halides is 3. The summed E-state index contributed by atoms with van der Waals surface area (Å²) in [5.41, 5.74) is 0. The van der Waals surface area contributed by atoms with Crippen molar-refractivity contribution < 1.29 is 18.0 Å². The summed E-state index contributed by atoms with van der Waals surface area (Å²) in [6.45, 7) is 0.692. The number of rotatable bonds is 1. The molecule has 2 heterocycles. The smallest absolute Gasteiger partial charge is 0.336 e. The average Bonchev–Trinajstić information content (AvgIpc) is 2.63. The van der Waals surface area contributed by atoms with Crippen molar-refractivity contribution in [3.05, 3.63) is 18.1 Å². The minimum Gasteiger partial charge on any atom is -0.336 e.